The first kappa shape index (κ1) is 25.0. The van der Waals surface area contributed by atoms with Crippen LogP contribution in [0.15, 0.2) is 0 Å². The summed E-state index contributed by atoms with van der Waals surface area (Å²) in [5.74, 6) is 1.11. The summed E-state index contributed by atoms with van der Waals surface area (Å²) in [7, 11) is 0. The van der Waals surface area contributed by atoms with E-state index in [0.29, 0.717) is 11.8 Å². The average Bonchev–Trinajstić information content (AvgIpc) is 2.72. The van der Waals surface area contributed by atoms with Gasteiger partial charge in [-0.3, -0.25) is 9.59 Å². The monoisotopic (exact) mass is 462 g/mol. The van der Waals surface area contributed by atoms with E-state index >= 15 is 0 Å². The molecule has 2 atom stereocenters. The molecule has 5 aliphatic rings. The predicted molar refractivity (Wildman–Crippen MR) is 128 cm³/mol. The molecule has 5 rings (SSSR count). The van der Waals surface area contributed by atoms with Crippen molar-refractivity contribution < 1.29 is 23.8 Å². The second-order valence-electron chi connectivity index (χ2n) is 13.1. The molecule has 0 aromatic rings. The van der Waals surface area contributed by atoms with Gasteiger partial charge in [0.25, 0.3) is 0 Å². The number of carbonyl (C=O) groups excluding carboxylic acids is 2. The van der Waals surface area contributed by atoms with E-state index in [1.807, 2.05) is 27.7 Å². The summed E-state index contributed by atoms with van der Waals surface area (Å²) in [6.07, 6.45) is 11.7. The molecule has 5 aliphatic carbocycles. The van der Waals surface area contributed by atoms with E-state index in [9.17, 15) is 9.59 Å². The van der Waals surface area contributed by atoms with Gasteiger partial charge in [0.15, 0.2) is 0 Å². The Kier molecular flexibility index (Phi) is 6.70. The fraction of sp³-hybridized carbons (Fsp3) is 0.929. The summed E-state index contributed by atoms with van der Waals surface area (Å²) in [4.78, 5) is 25.6. The van der Waals surface area contributed by atoms with Crippen LogP contribution in [0.5, 0.6) is 0 Å². The normalized spacial score (nSPS) is 38.2. The summed E-state index contributed by atoms with van der Waals surface area (Å²) in [6, 6.07) is 0. The lowest BCUT2D eigenvalue weighted by molar-refractivity contribution is -0.251. The van der Waals surface area contributed by atoms with E-state index in [0.717, 1.165) is 70.6 Å². The zero-order chi connectivity index (χ0) is 24.1. The van der Waals surface area contributed by atoms with Gasteiger partial charge in [0, 0.05) is 6.42 Å². The van der Waals surface area contributed by atoms with E-state index < -0.39 is 5.41 Å². The molecule has 2 unspecified atom stereocenters. The summed E-state index contributed by atoms with van der Waals surface area (Å²) in [6.45, 7) is 12.1. The van der Waals surface area contributed by atoms with E-state index in [2.05, 4.69) is 13.8 Å². The maximum absolute atomic E-state index is 13.0. The highest BCUT2D eigenvalue weighted by Crippen LogP contribution is 2.61. The molecule has 5 nitrogen and oxygen atoms in total. The van der Waals surface area contributed by atoms with Crippen molar-refractivity contribution in [2.24, 2.45) is 23.2 Å². The Balaban J connectivity index is 1.37. The minimum atomic E-state index is -0.434. The predicted octanol–water partition coefficient (Wildman–Crippen LogP) is 6.36. The highest BCUT2D eigenvalue weighted by molar-refractivity contribution is 5.76. The molecule has 5 saturated carbocycles. The largest absolute Gasteiger partial charge is 0.459 e. The van der Waals surface area contributed by atoms with Crippen LogP contribution >= 0.6 is 0 Å². The van der Waals surface area contributed by atoms with E-state index in [-0.39, 0.29) is 40.8 Å². The summed E-state index contributed by atoms with van der Waals surface area (Å²) < 4.78 is 19.0. The first-order valence-corrected chi connectivity index (χ1v) is 13.5. The molecular weight excluding hydrogens is 416 g/mol. The third-order valence-corrected chi connectivity index (χ3v) is 9.35. The smallest absolute Gasteiger partial charge is 0.312 e. The molecule has 0 amide bonds. The second kappa shape index (κ2) is 8.84. The van der Waals surface area contributed by atoms with E-state index in [4.69, 9.17) is 14.2 Å². The van der Waals surface area contributed by atoms with Crippen LogP contribution in [0.1, 0.15) is 119 Å². The van der Waals surface area contributed by atoms with Crippen LogP contribution in [0.2, 0.25) is 0 Å². The quantitative estimate of drug-likeness (QED) is 0.393. The highest BCUT2D eigenvalue weighted by atomic mass is 16.6. The summed E-state index contributed by atoms with van der Waals surface area (Å²) in [5, 5.41) is 0. The topological polar surface area (TPSA) is 61.8 Å². The molecule has 188 valence electrons. The van der Waals surface area contributed by atoms with Crippen LogP contribution in [0.25, 0.3) is 0 Å². The Hall–Kier alpha value is -1.10. The van der Waals surface area contributed by atoms with Gasteiger partial charge >= 0.3 is 11.9 Å². The minimum Gasteiger partial charge on any atom is -0.459 e. The Labute approximate surface area is 200 Å². The molecular formula is C28H46O5. The van der Waals surface area contributed by atoms with Crippen LogP contribution in [-0.4, -0.2) is 34.8 Å². The molecule has 0 saturated heterocycles. The minimum absolute atomic E-state index is 0.00406. The molecule has 5 fully saturated rings. The fourth-order valence-corrected chi connectivity index (χ4v) is 7.03. The van der Waals surface area contributed by atoms with Crippen molar-refractivity contribution in [3.63, 3.8) is 0 Å². The van der Waals surface area contributed by atoms with Crippen molar-refractivity contribution in [1.29, 1.82) is 0 Å². The van der Waals surface area contributed by atoms with Crippen LogP contribution < -0.4 is 0 Å². The van der Waals surface area contributed by atoms with Crippen LogP contribution in [0.4, 0.5) is 0 Å². The van der Waals surface area contributed by atoms with Crippen molar-refractivity contribution in [2.75, 3.05) is 0 Å². The standard InChI is InChI=1S/C28H46O5/c1-7-25(3,4)24(30)33-28-16-19-13-20(17-28)15-27(14-19,18-28)31-22-11-9-21(10-12-22)23(29)32-26(5,6)8-2/h19-22H,7-18H2,1-6H3. The summed E-state index contributed by atoms with van der Waals surface area (Å²) >= 11 is 0. The maximum atomic E-state index is 13.0. The molecule has 0 aromatic heterocycles. The number of carbonyl (C=O) groups is 2. The van der Waals surface area contributed by atoms with Crippen molar-refractivity contribution in [3.05, 3.63) is 0 Å². The van der Waals surface area contributed by atoms with Gasteiger partial charge in [0.05, 0.1) is 23.0 Å². The van der Waals surface area contributed by atoms with Gasteiger partial charge in [-0.1, -0.05) is 13.8 Å². The first-order valence-electron chi connectivity index (χ1n) is 13.5. The molecule has 0 aromatic carbocycles. The van der Waals surface area contributed by atoms with Gasteiger partial charge in [0.1, 0.15) is 11.2 Å². The molecule has 33 heavy (non-hydrogen) atoms. The van der Waals surface area contributed by atoms with Gasteiger partial charge in [-0.15, -0.1) is 0 Å². The van der Waals surface area contributed by atoms with Crippen LogP contribution in [0, 0.1) is 23.2 Å². The molecule has 0 aliphatic heterocycles. The molecule has 0 radical (unpaired) electrons. The zero-order valence-electron chi connectivity index (χ0n) is 21.8. The Morgan fingerprint density at radius 1 is 0.848 bits per heavy atom. The van der Waals surface area contributed by atoms with Crippen molar-refractivity contribution in [2.45, 2.75) is 141 Å². The second-order valence-corrected chi connectivity index (χ2v) is 13.1. The van der Waals surface area contributed by atoms with Gasteiger partial charge in [-0.25, -0.2) is 0 Å². The fourth-order valence-electron chi connectivity index (χ4n) is 7.03. The number of ether oxygens (including phenoxy) is 3. The van der Waals surface area contributed by atoms with Gasteiger partial charge in [-0.2, -0.15) is 0 Å². The first-order chi connectivity index (χ1) is 15.4. The van der Waals surface area contributed by atoms with Gasteiger partial charge in [-0.05, 0) is 110 Å². The number of hydrogen-bond acceptors (Lipinski definition) is 5. The third-order valence-electron chi connectivity index (χ3n) is 9.35. The Morgan fingerprint density at radius 2 is 1.42 bits per heavy atom. The number of hydrogen-bond donors (Lipinski definition) is 0. The van der Waals surface area contributed by atoms with Crippen molar-refractivity contribution in [3.8, 4) is 0 Å². The summed E-state index contributed by atoms with van der Waals surface area (Å²) in [5.41, 5.74) is -1.30. The lowest BCUT2D eigenvalue weighted by Gasteiger charge is -2.61. The zero-order valence-corrected chi connectivity index (χ0v) is 21.8. The molecule has 0 spiro atoms. The number of rotatable bonds is 8. The Morgan fingerprint density at radius 3 is 1.97 bits per heavy atom. The average molecular weight is 463 g/mol. The van der Waals surface area contributed by atoms with Gasteiger partial charge < -0.3 is 14.2 Å². The Bertz CT molecular complexity index is 731. The van der Waals surface area contributed by atoms with Crippen LogP contribution in [-0.2, 0) is 23.8 Å². The molecule has 0 N–H and O–H groups in total. The molecule has 5 heteroatoms. The maximum Gasteiger partial charge on any atom is 0.312 e. The van der Waals surface area contributed by atoms with E-state index in [1.165, 1.54) is 6.42 Å². The lowest BCUT2D eigenvalue weighted by Crippen LogP contribution is -2.62. The number of esters is 2. The molecule has 4 bridgehead atoms. The lowest BCUT2D eigenvalue weighted by atomic mass is 9.52. The third kappa shape index (κ3) is 5.28. The van der Waals surface area contributed by atoms with E-state index in [1.54, 1.807) is 0 Å². The van der Waals surface area contributed by atoms with Crippen molar-refractivity contribution in [1.82, 2.24) is 0 Å². The van der Waals surface area contributed by atoms with Crippen molar-refractivity contribution >= 4 is 11.9 Å². The highest BCUT2D eigenvalue weighted by Gasteiger charge is 2.61. The molecule has 0 heterocycles. The van der Waals surface area contributed by atoms with Gasteiger partial charge in [0.2, 0.25) is 0 Å². The SMILES string of the molecule is CCC(C)(C)OC(=O)C1CCC(OC23CC4CC(CC(OC(=O)C(C)(C)CC)(C4)C2)C3)CC1. The van der Waals surface area contributed by atoms with Crippen LogP contribution in [0.3, 0.4) is 0 Å².